The predicted molar refractivity (Wildman–Crippen MR) is 283 cm³/mol. The Labute approximate surface area is 392 Å². The number of nitrogens with zero attached hydrogens (tertiary/aromatic N) is 3. The molecule has 5 nitrogen and oxygen atoms in total. The summed E-state index contributed by atoms with van der Waals surface area (Å²) in [5.74, 6) is 3.42. The van der Waals surface area contributed by atoms with E-state index >= 15 is 0 Å². The zero-order chi connectivity index (χ0) is 46.1. The molecule has 0 bridgehead atoms. The number of benzene rings is 8. The van der Waals surface area contributed by atoms with Crippen molar-refractivity contribution in [2.75, 3.05) is 0 Å². The van der Waals surface area contributed by atoms with Gasteiger partial charge in [-0.2, -0.15) is 0 Å². The number of para-hydroxylation sites is 3. The molecule has 0 atom stereocenters. The van der Waals surface area contributed by atoms with Gasteiger partial charge in [0, 0.05) is 57.1 Å². The van der Waals surface area contributed by atoms with Crippen LogP contribution in [0, 0.1) is 0 Å². The average Bonchev–Trinajstić information content (AvgIpc) is 3.92. The van der Waals surface area contributed by atoms with Crippen LogP contribution in [0.2, 0.25) is 0 Å². The SMILES string of the molecule is Cn1c2ccccc2c2c3c(cc(-n4c5ccc(C(C)(C)C)cc5c5cc(C(C)(C)C)ccc54)c21)B1c2cc(C(C)(C)C)ccc2Oc2cc(-n4c5ccccc5c5ccccc54)cc(c21)O3. The fourth-order valence-corrected chi connectivity index (χ4v) is 11.5. The molecule has 2 aliphatic heterocycles. The van der Waals surface area contributed by atoms with Crippen LogP contribution in [0.25, 0.3) is 76.8 Å². The van der Waals surface area contributed by atoms with Gasteiger partial charge >= 0.3 is 0 Å². The van der Waals surface area contributed by atoms with E-state index in [1.54, 1.807) is 0 Å². The van der Waals surface area contributed by atoms with Crippen LogP contribution in [0.1, 0.15) is 79.0 Å². The lowest BCUT2D eigenvalue weighted by Gasteiger charge is -2.35. The highest BCUT2D eigenvalue weighted by Gasteiger charge is 2.43. The molecule has 8 aromatic carbocycles. The Morgan fingerprint density at radius 2 is 0.910 bits per heavy atom. The minimum Gasteiger partial charge on any atom is -0.458 e. The summed E-state index contributed by atoms with van der Waals surface area (Å²) in [6.07, 6.45) is 0. The van der Waals surface area contributed by atoms with E-state index in [0.717, 1.165) is 78.2 Å². The summed E-state index contributed by atoms with van der Waals surface area (Å²) in [6.45, 7) is 20.6. The molecule has 67 heavy (non-hydrogen) atoms. The van der Waals surface area contributed by atoms with Gasteiger partial charge in [-0.05, 0) is 98.5 Å². The van der Waals surface area contributed by atoms with E-state index in [2.05, 4.69) is 229 Å². The first-order valence-corrected chi connectivity index (χ1v) is 23.8. The van der Waals surface area contributed by atoms with Gasteiger partial charge in [-0.3, -0.25) is 0 Å². The van der Waals surface area contributed by atoms with E-state index in [1.165, 1.54) is 54.7 Å². The zero-order valence-corrected chi connectivity index (χ0v) is 40.1. The summed E-state index contributed by atoms with van der Waals surface area (Å²) in [6, 6.07) is 54.3. The van der Waals surface area contributed by atoms with E-state index in [-0.39, 0.29) is 23.0 Å². The fraction of sp³-hybridized carbons (Fsp3) is 0.213. The maximum absolute atomic E-state index is 7.57. The number of hydrogen-bond donors (Lipinski definition) is 0. The Morgan fingerprint density at radius 1 is 0.418 bits per heavy atom. The third-order valence-electron chi connectivity index (χ3n) is 15.0. The summed E-state index contributed by atoms with van der Waals surface area (Å²) in [5, 5.41) is 7.26. The quantitative estimate of drug-likeness (QED) is 0.162. The molecule has 0 radical (unpaired) electrons. The van der Waals surface area contributed by atoms with Crippen molar-refractivity contribution in [1.82, 2.24) is 13.7 Å². The molecule has 0 spiro atoms. The van der Waals surface area contributed by atoms with Crippen LogP contribution in [-0.2, 0) is 23.3 Å². The van der Waals surface area contributed by atoms with Gasteiger partial charge in [0.05, 0.1) is 44.3 Å². The van der Waals surface area contributed by atoms with Crippen LogP contribution in [0.4, 0.5) is 0 Å². The lowest BCUT2D eigenvalue weighted by Crippen LogP contribution is -2.57. The van der Waals surface area contributed by atoms with Gasteiger partial charge in [0.25, 0.3) is 6.71 Å². The van der Waals surface area contributed by atoms with Gasteiger partial charge < -0.3 is 23.2 Å². The predicted octanol–water partition coefficient (Wildman–Crippen LogP) is 14.1. The smallest absolute Gasteiger partial charge is 0.260 e. The van der Waals surface area contributed by atoms with E-state index in [1.807, 2.05) is 0 Å². The van der Waals surface area contributed by atoms with Gasteiger partial charge in [-0.25, -0.2) is 0 Å². The van der Waals surface area contributed by atoms with Gasteiger partial charge in [-0.1, -0.05) is 141 Å². The molecule has 2 aliphatic rings. The third kappa shape index (κ3) is 5.68. The van der Waals surface area contributed by atoms with Crippen molar-refractivity contribution in [3.8, 4) is 34.4 Å². The van der Waals surface area contributed by atoms with Crippen LogP contribution in [0.15, 0.2) is 146 Å². The second-order valence-corrected chi connectivity index (χ2v) is 22.3. The molecule has 0 N–H and O–H groups in total. The third-order valence-corrected chi connectivity index (χ3v) is 15.0. The first-order chi connectivity index (χ1) is 32.0. The van der Waals surface area contributed by atoms with Crippen LogP contribution < -0.4 is 25.9 Å². The molecule has 6 heteroatoms. The van der Waals surface area contributed by atoms with Crippen molar-refractivity contribution in [2.45, 2.75) is 78.6 Å². The molecule has 0 saturated carbocycles. The average molecular weight is 872 g/mol. The van der Waals surface area contributed by atoms with Gasteiger partial charge in [0.1, 0.15) is 23.0 Å². The molecule has 0 saturated heterocycles. The summed E-state index contributed by atoms with van der Waals surface area (Å²) in [4.78, 5) is 0. The molecule has 13 rings (SSSR count). The number of rotatable bonds is 2. The normalized spacial score (nSPS) is 13.7. The van der Waals surface area contributed by atoms with Crippen LogP contribution in [-0.4, -0.2) is 20.4 Å². The molecular formula is C61H54BN3O2. The zero-order valence-electron chi connectivity index (χ0n) is 40.1. The highest BCUT2D eigenvalue weighted by Crippen LogP contribution is 2.47. The number of hydrogen-bond acceptors (Lipinski definition) is 2. The molecule has 0 aliphatic carbocycles. The van der Waals surface area contributed by atoms with Crippen LogP contribution in [0.3, 0.4) is 0 Å². The minimum atomic E-state index is -0.165. The maximum Gasteiger partial charge on any atom is 0.260 e. The van der Waals surface area contributed by atoms with Gasteiger partial charge in [0.15, 0.2) is 0 Å². The fourth-order valence-electron chi connectivity index (χ4n) is 11.5. The standard InChI is InChI=1S/C61H54BN3O2/c1-59(2,3)35-23-26-49-42(29-35)43-30-36(60(4,5)6)24-27-50(43)65(49)51-34-45-58(55-41-19-13-14-20-46(41)63(10)57(51)55)67-54-33-38(64-47-21-15-11-17-39(47)40-18-12-16-22-48(40)64)32-53-56(54)62(45)44-31-37(61(7,8)9)25-28-52(44)66-53/h11-34H,1-10H3. The van der Waals surface area contributed by atoms with Crippen molar-refractivity contribution in [3.05, 3.63) is 162 Å². The van der Waals surface area contributed by atoms with Crippen LogP contribution >= 0.6 is 0 Å². The van der Waals surface area contributed by atoms with Crippen molar-refractivity contribution in [2.24, 2.45) is 7.05 Å². The first-order valence-electron chi connectivity index (χ1n) is 23.8. The highest BCUT2D eigenvalue weighted by molar-refractivity contribution is 6.98. The monoisotopic (exact) mass is 871 g/mol. The van der Waals surface area contributed by atoms with Crippen molar-refractivity contribution in [3.63, 3.8) is 0 Å². The van der Waals surface area contributed by atoms with Crippen molar-refractivity contribution < 1.29 is 9.47 Å². The number of fused-ring (bicyclic) bond motifs is 14. The molecule has 11 aromatic rings. The Balaban J connectivity index is 1.16. The molecule has 328 valence electrons. The number of aryl methyl sites for hydroxylation is 1. The van der Waals surface area contributed by atoms with Gasteiger partial charge in [0.2, 0.25) is 0 Å². The Bertz CT molecular complexity index is 3830. The van der Waals surface area contributed by atoms with E-state index in [4.69, 9.17) is 9.47 Å². The minimum absolute atomic E-state index is 0.00855. The largest absolute Gasteiger partial charge is 0.458 e. The lowest BCUT2D eigenvalue weighted by atomic mass is 9.34. The van der Waals surface area contributed by atoms with Gasteiger partial charge in [-0.15, -0.1) is 0 Å². The number of aromatic nitrogens is 3. The van der Waals surface area contributed by atoms with E-state index in [0.29, 0.717) is 0 Å². The summed E-state index contributed by atoms with van der Waals surface area (Å²) < 4.78 is 22.0. The maximum atomic E-state index is 7.57. The molecule has 0 fully saturated rings. The van der Waals surface area contributed by atoms with Crippen molar-refractivity contribution in [1.29, 1.82) is 0 Å². The number of ether oxygens (including phenoxy) is 2. The molecule has 3 aromatic heterocycles. The first kappa shape index (κ1) is 40.1. The summed E-state index contributed by atoms with van der Waals surface area (Å²) >= 11 is 0. The van der Waals surface area contributed by atoms with Crippen LogP contribution in [0.5, 0.6) is 23.0 Å². The second kappa shape index (κ2) is 13.5. The summed E-state index contributed by atoms with van der Waals surface area (Å²) in [5.41, 5.74) is 16.3. The highest BCUT2D eigenvalue weighted by atomic mass is 16.5. The molecular weight excluding hydrogens is 818 g/mol. The van der Waals surface area contributed by atoms with E-state index < -0.39 is 0 Å². The Kier molecular flexibility index (Phi) is 8.07. The molecule has 5 heterocycles. The van der Waals surface area contributed by atoms with Crippen molar-refractivity contribution >= 4 is 88.5 Å². The molecule has 0 unspecified atom stereocenters. The molecule has 0 amide bonds. The summed E-state index contributed by atoms with van der Waals surface area (Å²) in [7, 11) is 2.22. The topological polar surface area (TPSA) is 33.2 Å². The lowest BCUT2D eigenvalue weighted by molar-refractivity contribution is 0.466. The second-order valence-electron chi connectivity index (χ2n) is 22.3. The Hall–Kier alpha value is -7.18. The Morgan fingerprint density at radius 3 is 1.49 bits per heavy atom. The van der Waals surface area contributed by atoms with E-state index in [9.17, 15) is 0 Å².